The zero-order valence-corrected chi connectivity index (χ0v) is 15.4. The molecule has 6 heteroatoms. The van der Waals surface area contributed by atoms with E-state index in [0.29, 0.717) is 16.3 Å². The van der Waals surface area contributed by atoms with Gasteiger partial charge in [0, 0.05) is 37.6 Å². The molecular weight excluding hydrogens is 348 g/mol. The third-order valence-corrected chi connectivity index (χ3v) is 5.03. The summed E-state index contributed by atoms with van der Waals surface area (Å²) in [5.41, 5.74) is 2.22. The van der Waals surface area contributed by atoms with Gasteiger partial charge in [-0.2, -0.15) is 5.26 Å². The van der Waals surface area contributed by atoms with Crippen LogP contribution in [0.1, 0.15) is 12.5 Å². The molecule has 1 saturated heterocycles. The summed E-state index contributed by atoms with van der Waals surface area (Å²) in [7, 11) is 0. The summed E-state index contributed by atoms with van der Waals surface area (Å²) in [4.78, 5) is 17.1. The fraction of sp³-hybridized carbons (Fsp3) is 0.300. The van der Waals surface area contributed by atoms with Crippen molar-refractivity contribution >= 4 is 28.9 Å². The monoisotopic (exact) mass is 368 g/mol. The molecular formula is C20H21ClN4O. The molecule has 1 heterocycles. The van der Waals surface area contributed by atoms with Crippen LogP contribution in [0.25, 0.3) is 0 Å². The Morgan fingerprint density at radius 1 is 1.15 bits per heavy atom. The lowest BCUT2D eigenvalue weighted by molar-refractivity contribution is -0.120. The summed E-state index contributed by atoms with van der Waals surface area (Å²) in [6.07, 6.45) is 0. The summed E-state index contributed by atoms with van der Waals surface area (Å²) in [5.74, 6) is -0.0704. The molecule has 0 saturated carbocycles. The minimum absolute atomic E-state index is 0.0704. The topological polar surface area (TPSA) is 59.4 Å². The average molecular weight is 369 g/mol. The van der Waals surface area contributed by atoms with E-state index in [1.807, 2.05) is 31.2 Å². The van der Waals surface area contributed by atoms with Gasteiger partial charge in [-0.15, -0.1) is 0 Å². The number of carbonyl (C=O) groups excluding carboxylic acids is 1. The van der Waals surface area contributed by atoms with Gasteiger partial charge >= 0.3 is 0 Å². The second-order valence-electron chi connectivity index (χ2n) is 6.33. The van der Waals surface area contributed by atoms with Crippen LogP contribution in [0.2, 0.25) is 5.02 Å². The van der Waals surface area contributed by atoms with Crippen LogP contribution in [-0.2, 0) is 4.79 Å². The molecule has 2 aromatic carbocycles. The van der Waals surface area contributed by atoms with E-state index in [9.17, 15) is 4.79 Å². The fourth-order valence-corrected chi connectivity index (χ4v) is 3.33. The Hall–Kier alpha value is -2.55. The highest BCUT2D eigenvalue weighted by Crippen LogP contribution is 2.21. The number of halogens is 1. The molecule has 0 unspecified atom stereocenters. The lowest BCUT2D eigenvalue weighted by atomic mass is 10.1. The zero-order valence-electron chi connectivity index (χ0n) is 14.7. The molecule has 0 radical (unpaired) electrons. The van der Waals surface area contributed by atoms with Gasteiger partial charge in [-0.05, 0) is 37.3 Å². The number of hydrogen-bond acceptors (Lipinski definition) is 4. The highest BCUT2D eigenvalue weighted by Gasteiger charge is 2.25. The summed E-state index contributed by atoms with van der Waals surface area (Å²) in [6.45, 7) is 5.36. The smallest absolute Gasteiger partial charge is 0.241 e. The van der Waals surface area contributed by atoms with Crippen LogP contribution in [0.4, 0.5) is 11.4 Å². The van der Waals surface area contributed by atoms with E-state index in [1.54, 1.807) is 18.2 Å². The summed E-state index contributed by atoms with van der Waals surface area (Å²) in [5, 5.41) is 12.1. The number of benzene rings is 2. The predicted molar refractivity (Wildman–Crippen MR) is 104 cm³/mol. The number of para-hydroxylation sites is 1. The summed E-state index contributed by atoms with van der Waals surface area (Å²) < 4.78 is 0. The third kappa shape index (κ3) is 4.16. The van der Waals surface area contributed by atoms with E-state index in [2.05, 4.69) is 27.2 Å². The van der Waals surface area contributed by atoms with Crippen molar-refractivity contribution in [2.75, 3.05) is 36.4 Å². The number of amides is 1. The Bertz CT molecular complexity index is 810. The van der Waals surface area contributed by atoms with E-state index < -0.39 is 0 Å². The van der Waals surface area contributed by atoms with E-state index in [0.717, 1.165) is 26.2 Å². The second-order valence-corrected chi connectivity index (χ2v) is 6.74. The molecule has 0 aromatic heterocycles. The third-order valence-electron chi connectivity index (χ3n) is 4.72. The highest BCUT2D eigenvalue weighted by molar-refractivity contribution is 6.32. The molecule has 3 rings (SSSR count). The molecule has 5 nitrogen and oxygen atoms in total. The minimum atomic E-state index is -0.234. The molecule has 1 aliphatic heterocycles. The van der Waals surface area contributed by atoms with Crippen LogP contribution in [0.5, 0.6) is 0 Å². The Morgan fingerprint density at radius 3 is 2.46 bits per heavy atom. The van der Waals surface area contributed by atoms with E-state index in [1.165, 1.54) is 5.69 Å². The standard InChI is InChI=1S/C20H21ClN4O/c1-15(20(26)23-17-8-7-16(14-22)19(21)13-17)24-9-11-25(12-10-24)18-5-3-2-4-6-18/h2-8,13,15H,9-12H2,1H3,(H,23,26)/t15-/m1/s1. The van der Waals surface area contributed by atoms with Gasteiger partial charge < -0.3 is 10.2 Å². The van der Waals surface area contributed by atoms with Gasteiger partial charge in [-0.25, -0.2) is 0 Å². The zero-order chi connectivity index (χ0) is 18.5. The predicted octanol–water partition coefficient (Wildman–Crippen LogP) is 3.36. The normalized spacial score (nSPS) is 16.0. The lowest BCUT2D eigenvalue weighted by Crippen LogP contribution is -2.52. The number of rotatable bonds is 4. The largest absolute Gasteiger partial charge is 0.369 e. The first kappa shape index (κ1) is 18.2. The Kier molecular flexibility index (Phi) is 5.77. The maximum absolute atomic E-state index is 12.6. The molecule has 2 aromatic rings. The molecule has 0 spiro atoms. The van der Waals surface area contributed by atoms with Crippen LogP contribution in [0.15, 0.2) is 48.5 Å². The quantitative estimate of drug-likeness (QED) is 0.898. The van der Waals surface area contributed by atoms with E-state index in [4.69, 9.17) is 16.9 Å². The first-order chi connectivity index (χ1) is 12.6. The SMILES string of the molecule is C[C@H](C(=O)Nc1ccc(C#N)c(Cl)c1)N1CCN(c2ccccc2)CC1. The molecule has 1 amide bonds. The number of carbonyl (C=O) groups is 1. The first-order valence-corrected chi connectivity index (χ1v) is 9.01. The van der Waals surface area contributed by atoms with E-state index >= 15 is 0 Å². The van der Waals surface area contributed by atoms with Gasteiger partial charge in [0.1, 0.15) is 6.07 Å². The molecule has 1 fully saturated rings. The molecule has 1 N–H and O–H groups in total. The Morgan fingerprint density at radius 2 is 1.85 bits per heavy atom. The van der Waals surface area contributed by atoms with Crippen LogP contribution in [0, 0.1) is 11.3 Å². The Balaban J connectivity index is 1.56. The minimum Gasteiger partial charge on any atom is -0.369 e. The van der Waals surface area contributed by atoms with Gasteiger partial charge in [0.25, 0.3) is 0 Å². The van der Waals surface area contributed by atoms with Crippen molar-refractivity contribution < 1.29 is 4.79 Å². The van der Waals surface area contributed by atoms with Gasteiger partial charge in [0.15, 0.2) is 0 Å². The van der Waals surface area contributed by atoms with Crippen molar-refractivity contribution in [1.29, 1.82) is 5.26 Å². The molecule has 1 aliphatic rings. The van der Waals surface area contributed by atoms with Gasteiger partial charge in [0.2, 0.25) is 5.91 Å². The van der Waals surface area contributed by atoms with E-state index in [-0.39, 0.29) is 11.9 Å². The van der Waals surface area contributed by atoms with Crippen molar-refractivity contribution in [1.82, 2.24) is 4.90 Å². The molecule has 0 bridgehead atoms. The van der Waals surface area contributed by atoms with Crippen LogP contribution in [-0.4, -0.2) is 43.0 Å². The fourth-order valence-electron chi connectivity index (χ4n) is 3.10. The van der Waals surface area contributed by atoms with Crippen molar-refractivity contribution in [2.45, 2.75) is 13.0 Å². The summed E-state index contributed by atoms with van der Waals surface area (Å²) >= 11 is 6.03. The van der Waals surface area contributed by atoms with Gasteiger partial charge in [-0.3, -0.25) is 9.69 Å². The maximum Gasteiger partial charge on any atom is 0.241 e. The number of anilines is 2. The maximum atomic E-state index is 12.6. The molecule has 26 heavy (non-hydrogen) atoms. The number of hydrogen-bond donors (Lipinski definition) is 1. The van der Waals surface area contributed by atoms with Crippen LogP contribution < -0.4 is 10.2 Å². The molecule has 0 aliphatic carbocycles. The number of nitrogens with zero attached hydrogens (tertiary/aromatic N) is 3. The van der Waals surface area contributed by atoms with Gasteiger partial charge in [0.05, 0.1) is 16.6 Å². The number of piperazine rings is 1. The van der Waals surface area contributed by atoms with Crippen molar-refractivity contribution in [3.05, 3.63) is 59.1 Å². The van der Waals surface area contributed by atoms with Gasteiger partial charge in [-0.1, -0.05) is 29.8 Å². The van der Waals surface area contributed by atoms with Crippen LogP contribution in [0.3, 0.4) is 0 Å². The number of nitrogens with one attached hydrogen (secondary N) is 1. The lowest BCUT2D eigenvalue weighted by Gasteiger charge is -2.38. The second kappa shape index (κ2) is 8.22. The first-order valence-electron chi connectivity index (χ1n) is 8.63. The molecule has 1 atom stereocenters. The Labute approximate surface area is 158 Å². The summed E-state index contributed by atoms with van der Waals surface area (Å²) in [6, 6.07) is 17.0. The van der Waals surface area contributed by atoms with Crippen molar-refractivity contribution in [2.24, 2.45) is 0 Å². The highest BCUT2D eigenvalue weighted by atomic mass is 35.5. The van der Waals surface area contributed by atoms with Crippen molar-refractivity contribution in [3.8, 4) is 6.07 Å². The molecule has 134 valence electrons. The van der Waals surface area contributed by atoms with Crippen molar-refractivity contribution in [3.63, 3.8) is 0 Å². The average Bonchev–Trinajstić information content (AvgIpc) is 2.68. The van der Waals surface area contributed by atoms with Crippen LogP contribution >= 0.6 is 11.6 Å². The number of nitriles is 1.